The summed E-state index contributed by atoms with van der Waals surface area (Å²) in [6, 6.07) is 0. The molecule has 68 valence electrons. The number of hydrogen-bond acceptors (Lipinski definition) is 3. The van der Waals surface area contributed by atoms with Crippen molar-refractivity contribution in [3.63, 3.8) is 0 Å². The lowest BCUT2D eigenvalue weighted by Gasteiger charge is -2.29. The first-order valence-electron chi connectivity index (χ1n) is 4.09. The van der Waals surface area contributed by atoms with Gasteiger partial charge in [-0.05, 0) is 27.3 Å². The largest absolute Gasteiger partial charge is 0.386 e. The van der Waals surface area contributed by atoms with E-state index in [0.29, 0.717) is 6.61 Å². The maximum absolute atomic E-state index is 9.55. The van der Waals surface area contributed by atoms with E-state index in [-0.39, 0.29) is 6.23 Å². The second-order valence-electron chi connectivity index (χ2n) is 3.05. The normalized spacial score (nSPS) is 15.0. The number of nitrogens with one attached hydrogen (secondary N) is 1. The van der Waals surface area contributed by atoms with Crippen LogP contribution in [0, 0.1) is 0 Å². The van der Waals surface area contributed by atoms with Crippen molar-refractivity contribution in [1.82, 2.24) is 5.32 Å². The first-order chi connectivity index (χ1) is 5.02. The zero-order valence-electron chi connectivity index (χ0n) is 7.85. The van der Waals surface area contributed by atoms with Crippen molar-refractivity contribution in [2.75, 3.05) is 13.2 Å². The minimum Gasteiger partial charge on any atom is -0.386 e. The van der Waals surface area contributed by atoms with Gasteiger partial charge >= 0.3 is 0 Å². The molecule has 0 aromatic rings. The van der Waals surface area contributed by atoms with Gasteiger partial charge in [0.2, 0.25) is 0 Å². The van der Waals surface area contributed by atoms with Gasteiger partial charge in [0.15, 0.2) is 0 Å². The van der Waals surface area contributed by atoms with Crippen LogP contribution in [0.25, 0.3) is 0 Å². The van der Waals surface area contributed by atoms with E-state index in [0.717, 1.165) is 6.54 Å². The van der Waals surface area contributed by atoms with Gasteiger partial charge in [-0.1, -0.05) is 6.92 Å². The summed E-state index contributed by atoms with van der Waals surface area (Å²) in [6.45, 7) is 8.77. The van der Waals surface area contributed by atoms with E-state index in [2.05, 4.69) is 5.32 Å². The van der Waals surface area contributed by atoms with Gasteiger partial charge in [-0.3, -0.25) is 5.32 Å². The van der Waals surface area contributed by atoms with Crippen molar-refractivity contribution < 1.29 is 9.84 Å². The van der Waals surface area contributed by atoms with E-state index in [9.17, 15) is 5.11 Å². The number of aliphatic hydroxyl groups is 1. The molecule has 1 unspecified atom stereocenters. The number of ether oxygens (including phenoxy) is 1. The van der Waals surface area contributed by atoms with Crippen molar-refractivity contribution in [3.8, 4) is 0 Å². The lowest BCUT2D eigenvalue weighted by Crippen LogP contribution is -2.48. The highest BCUT2D eigenvalue weighted by Gasteiger charge is 2.25. The standard InChI is InChI=1S/C8H19NO2/c1-5-9-7(11-6-2)8(3,4)10/h7,9-10H,5-6H2,1-4H3. The van der Waals surface area contributed by atoms with Crippen LogP contribution in [-0.4, -0.2) is 30.1 Å². The molecular weight excluding hydrogens is 142 g/mol. The molecule has 0 amide bonds. The van der Waals surface area contributed by atoms with E-state index in [4.69, 9.17) is 4.74 Å². The monoisotopic (exact) mass is 161 g/mol. The SMILES string of the molecule is CCNC(OCC)C(C)(C)O. The maximum atomic E-state index is 9.55. The Hall–Kier alpha value is -0.120. The van der Waals surface area contributed by atoms with Gasteiger partial charge in [-0.15, -0.1) is 0 Å². The van der Waals surface area contributed by atoms with Crippen molar-refractivity contribution >= 4 is 0 Å². The van der Waals surface area contributed by atoms with Crippen molar-refractivity contribution in [2.24, 2.45) is 0 Å². The molecule has 0 heterocycles. The highest BCUT2D eigenvalue weighted by Crippen LogP contribution is 2.09. The summed E-state index contributed by atoms with van der Waals surface area (Å²) in [4.78, 5) is 0. The molecule has 11 heavy (non-hydrogen) atoms. The first-order valence-corrected chi connectivity index (χ1v) is 4.09. The lowest BCUT2D eigenvalue weighted by molar-refractivity contribution is -0.100. The molecule has 0 aromatic heterocycles. The maximum Gasteiger partial charge on any atom is 0.136 e. The summed E-state index contributed by atoms with van der Waals surface area (Å²) in [6.07, 6.45) is -0.266. The molecule has 3 heteroatoms. The average molecular weight is 161 g/mol. The first kappa shape index (κ1) is 10.9. The molecule has 0 radical (unpaired) electrons. The van der Waals surface area contributed by atoms with Gasteiger partial charge in [0.25, 0.3) is 0 Å². The van der Waals surface area contributed by atoms with Crippen LogP contribution in [0.3, 0.4) is 0 Å². The van der Waals surface area contributed by atoms with Gasteiger partial charge in [0.05, 0.1) is 5.60 Å². The van der Waals surface area contributed by atoms with Crippen molar-refractivity contribution in [3.05, 3.63) is 0 Å². The molecule has 2 N–H and O–H groups in total. The molecule has 0 aromatic carbocycles. The predicted molar refractivity (Wildman–Crippen MR) is 45.4 cm³/mol. The molecule has 0 aliphatic rings. The van der Waals surface area contributed by atoms with Gasteiger partial charge in [-0.25, -0.2) is 0 Å². The Morgan fingerprint density at radius 3 is 2.27 bits per heavy atom. The fourth-order valence-corrected chi connectivity index (χ4v) is 0.865. The summed E-state index contributed by atoms with van der Waals surface area (Å²) in [7, 11) is 0. The molecule has 0 bridgehead atoms. The smallest absolute Gasteiger partial charge is 0.136 e. The second kappa shape index (κ2) is 4.70. The third-order valence-electron chi connectivity index (χ3n) is 1.36. The van der Waals surface area contributed by atoms with Crippen LogP contribution in [0.1, 0.15) is 27.7 Å². The minimum absolute atomic E-state index is 0.266. The molecule has 0 aliphatic carbocycles. The molecule has 0 saturated heterocycles. The topological polar surface area (TPSA) is 41.5 Å². The second-order valence-corrected chi connectivity index (χ2v) is 3.05. The minimum atomic E-state index is -0.813. The molecule has 0 spiro atoms. The van der Waals surface area contributed by atoms with Crippen LogP contribution in [0.15, 0.2) is 0 Å². The van der Waals surface area contributed by atoms with Crippen molar-refractivity contribution in [1.29, 1.82) is 0 Å². The van der Waals surface area contributed by atoms with E-state index in [1.165, 1.54) is 0 Å². The van der Waals surface area contributed by atoms with E-state index >= 15 is 0 Å². The summed E-state index contributed by atoms with van der Waals surface area (Å²) in [5.41, 5.74) is -0.813. The quantitative estimate of drug-likeness (QED) is 0.584. The Labute approximate surface area is 68.8 Å². The summed E-state index contributed by atoms with van der Waals surface area (Å²) in [5, 5.41) is 12.6. The number of likely N-dealkylation sites (N-methyl/N-ethyl adjacent to an activating group) is 1. The fourth-order valence-electron chi connectivity index (χ4n) is 0.865. The molecule has 0 saturated carbocycles. The van der Waals surface area contributed by atoms with Crippen LogP contribution >= 0.6 is 0 Å². The van der Waals surface area contributed by atoms with E-state index in [1.807, 2.05) is 13.8 Å². The molecule has 3 nitrogen and oxygen atoms in total. The number of rotatable bonds is 5. The van der Waals surface area contributed by atoms with Crippen molar-refractivity contribution in [2.45, 2.75) is 39.5 Å². The molecular formula is C8H19NO2. The predicted octanol–water partition coefficient (Wildman–Crippen LogP) is 0.729. The highest BCUT2D eigenvalue weighted by molar-refractivity contribution is 4.75. The Morgan fingerprint density at radius 2 is 2.00 bits per heavy atom. The Bertz CT molecular complexity index is 92.8. The van der Waals surface area contributed by atoms with Crippen LogP contribution in [0.2, 0.25) is 0 Å². The summed E-state index contributed by atoms with van der Waals surface area (Å²) in [5.74, 6) is 0. The fraction of sp³-hybridized carbons (Fsp3) is 1.00. The third kappa shape index (κ3) is 4.35. The third-order valence-corrected chi connectivity index (χ3v) is 1.36. The molecule has 1 atom stereocenters. The Kier molecular flexibility index (Phi) is 4.65. The Morgan fingerprint density at radius 1 is 1.45 bits per heavy atom. The van der Waals surface area contributed by atoms with Crippen LogP contribution in [-0.2, 0) is 4.74 Å². The van der Waals surface area contributed by atoms with Crippen LogP contribution < -0.4 is 5.32 Å². The zero-order chi connectivity index (χ0) is 8.91. The van der Waals surface area contributed by atoms with Crippen LogP contribution in [0.4, 0.5) is 0 Å². The lowest BCUT2D eigenvalue weighted by atomic mass is 10.1. The van der Waals surface area contributed by atoms with Gasteiger partial charge in [0, 0.05) is 6.61 Å². The van der Waals surface area contributed by atoms with E-state index < -0.39 is 5.60 Å². The van der Waals surface area contributed by atoms with E-state index in [1.54, 1.807) is 13.8 Å². The van der Waals surface area contributed by atoms with Gasteiger partial charge in [0.1, 0.15) is 6.23 Å². The van der Waals surface area contributed by atoms with Gasteiger partial charge in [-0.2, -0.15) is 0 Å². The van der Waals surface area contributed by atoms with Crippen LogP contribution in [0.5, 0.6) is 0 Å². The molecule has 0 aliphatic heterocycles. The molecule has 0 fully saturated rings. The molecule has 0 rings (SSSR count). The van der Waals surface area contributed by atoms with Gasteiger partial charge < -0.3 is 9.84 Å². The zero-order valence-corrected chi connectivity index (χ0v) is 7.85. The number of hydrogen-bond donors (Lipinski definition) is 2. The summed E-state index contributed by atoms with van der Waals surface area (Å²) >= 11 is 0. The Balaban J connectivity index is 3.88. The average Bonchev–Trinajstić information content (AvgIpc) is 1.85. The highest BCUT2D eigenvalue weighted by atomic mass is 16.5. The summed E-state index contributed by atoms with van der Waals surface area (Å²) < 4.78 is 5.29.